The van der Waals surface area contributed by atoms with E-state index in [0.29, 0.717) is 43.3 Å². The highest BCUT2D eigenvalue weighted by Crippen LogP contribution is 2.41. The number of amides is 2. The molecule has 1 aliphatic rings. The van der Waals surface area contributed by atoms with Crippen molar-refractivity contribution >= 4 is 29.4 Å². The summed E-state index contributed by atoms with van der Waals surface area (Å²) in [4.78, 5) is 38.7. The van der Waals surface area contributed by atoms with Gasteiger partial charge in [-0.1, -0.05) is 91.0 Å². The average molecular weight is 751 g/mol. The highest BCUT2D eigenvalue weighted by atomic mass is 16.6. The fourth-order valence-corrected chi connectivity index (χ4v) is 7.08. The van der Waals surface area contributed by atoms with Crippen molar-refractivity contribution in [3.8, 4) is 5.75 Å². The van der Waals surface area contributed by atoms with Crippen LogP contribution < -0.4 is 19.9 Å². The maximum atomic E-state index is 13.5. The molecule has 56 heavy (non-hydrogen) atoms. The van der Waals surface area contributed by atoms with Gasteiger partial charge in [-0.25, -0.2) is 19.6 Å². The van der Waals surface area contributed by atoms with Gasteiger partial charge in [0.1, 0.15) is 35.9 Å². The number of benzene rings is 4. The summed E-state index contributed by atoms with van der Waals surface area (Å²) in [6.07, 6.45) is 4.48. The molecule has 0 saturated heterocycles. The van der Waals surface area contributed by atoms with E-state index in [0.717, 1.165) is 33.8 Å². The van der Waals surface area contributed by atoms with E-state index < -0.39 is 23.3 Å². The summed E-state index contributed by atoms with van der Waals surface area (Å²) in [5.74, 6) is 1.03. The Morgan fingerprint density at radius 1 is 0.839 bits per heavy atom. The van der Waals surface area contributed by atoms with Gasteiger partial charge >= 0.3 is 12.2 Å². The molecule has 4 aromatic carbocycles. The van der Waals surface area contributed by atoms with Crippen LogP contribution in [0.15, 0.2) is 140 Å². The number of hydrogen-bond donors (Lipinski definition) is 1. The van der Waals surface area contributed by atoms with Crippen molar-refractivity contribution in [2.75, 3.05) is 34.8 Å². The molecule has 2 amide bonds. The van der Waals surface area contributed by atoms with Crippen molar-refractivity contribution in [3.05, 3.63) is 168 Å². The maximum Gasteiger partial charge on any atom is 0.414 e. The Morgan fingerprint density at radius 3 is 2.09 bits per heavy atom. The number of carbonyl (C=O) groups is 2. The van der Waals surface area contributed by atoms with Gasteiger partial charge in [-0.3, -0.25) is 10.2 Å². The van der Waals surface area contributed by atoms with Crippen LogP contribution in [0.3, 0.4) is 0 Å². The second-order valence-corrected chi connectivity index (χ2v) is 14.5. The zero-order chi connectivity index (χ0) is 39.1. The number of hydrogen-bond acceptors (Lipinski definition) is 8. The first-order valence-corrected chi connectivity index (χ1v) is 18.7. The van der Waals surface area contributed by atoms with Gasteiger partial charge in [-0.15, -0.1) is 0 Å². The van der Waals surface area contributed by atoms with E-state index in [1.165, 1.54) is 0 Å². The highest BCUT2D eigenvalue weighted by molar-refractivity contribution is 5.89. The lowest BCUT2D eigenvalue weighted by Gasteiger charge is -2.37. The zero-order valence-electron chi connectivity index (χ0n) is 32.1. The summed E-state index contributed by atoms with van der Waals surface area (Å²) < 4.78 is 19.4. The lowest BCUT2D eigenvalue weighted by Crippen LogP contribution is -2.37. The molecule has 0 radical (unpaired) electrons. The SMILES string of the molecule is CCN(C(=O)OCc1ccnc(NC(=O)OC(C)(C)C)c1)c1ccc2c(c1)N(Cc1cn(C(c3ccccc3)(c3ccccc3)c3ccccc3)cn1)CCO2. The average Bonchev–Trinajstić information content (AvgIpc) is 3.67. The fraction of sp³-hybridized carbons (Fsp3) is 0.244. The summed E-state index contributed by atoms with van der Waals surface area (Å²) in [5.41, 5.74) is 5.14. The number of carbonyl (C=O) groups excluding carboxylic acids is 2. The molecule has 0 spiro atoms. The summed E-state index contributed by atoms with van der Waals surface area (Å²) in [6.45, 7) is 9.31. The third-order valence-corrected chi connectivity index (χ3v) is 9.52. The van der Waals surface area contributed by atoms with E-state index >= 15 is 0 Å². The number of nitrogens with one attached hydrogen (secondary N) is 1. The summed E-state index contributed by atoms with van der Waals surface area (Å²) in [6, 6.07) is 40.7. The fourth-order valence-electron chi connectivity index (χ4n) is 7.08. The number of aromatic nitrogens is 3. The van der Waals surface area contributed by atoms with Gasteiger partial charge in [-0.05, 0) is 80.3 Å². The third kappa shape index (κ3) is 8.22. The van der Waals surface area contributed by atoms with Crippen LogP contribution in [0, 0.1) is 0 Å². The second kappa shape index (κ2) is 16.4. The predicted octanol–water partition coefficient (Wildman–Crippen LogP) is 9.03. The smallest absolute Gasteiger partial charge is 0.414 e. The third-order valence-electron chi connectivity index (χ3n) is 9.52. The van der Waals surface area contributed by atoms with Crippen LogP contribution in [-0.4, -0.2) is 52.0 Å². The van der Waals surface area contributed by atoms with E-state index in [9.17, 15) is 9.59 Å². The predicted molar refractivity (Wildman–Crippen MR) is 217 cm³/mol. The van der Waals surface area contributed by atoms with Gasteiger partial charge < -0.3 is 23.7 Å². The molecule has 0 saturated carbocycles. The summed E-state index contributed by atoms with van der Waals surface area (Å²) in [7, 11) is 0. The number of rotatable bonds is 11. The molecule has 0 aliphatic carbocycles. The quantitative estimate of drug-likeness (QED) is 0.131. The first kappa shape index (κ1) is 37.7. The van der Waals surface area contributed by atoms with Gasteiger partial charge in [0.05, 0.1) is 30.8 Å². The molecule has 3 heterocycles. The number of fused-ring (bicyclic) bond motifs is 1. The number of imidazole rings is 1. The molecule has 2 aromatic heterocycles. The van der Waals surface area contributed by atoms with Gasteiger partial charge in [0.15, 0.2) is 0 Å². The lowest BCUT2D eigenvalue weighted by molar-refractivity contribution is 0.0635. The molecular formula is C45H46N6O5. The maximum absolute atomic E-state index is 13.5. The van der Waals surface area contributed by atoms with Crippen LogP contribution in [0.1, 0.15) is 55.6 Å². The van der Waals surface area contributed by atoms with Crippen LogP contribution in [0.25, 0.3) is 0 Å². The molecule has 0 unspecified atom stereocenters. The minimum absolute atomic E-state index is 0.0138. The molecule has 0 atom stereocenters. The molecule has 7 rings (SSSR count). The van der Waals surface area contributed by atoms with Gasteiger partial charge in [0, 0.05) is 24.6 Å². The largest absolute Gasteiger partial charge is 0.490 e. The van der Waals surface area contributed by atoms with E-state index in [2.05, 4.69) is 98.8 Å². The topological polar surface area (TPSA) is 111 Å². The first-order chi connectivity index (χ1) is 27.1. The van der Waals surface area contributed by atoms with Crippen molar-refractivity contribution in [2.45, 2.75) is 52.0 Å². The number of nitrogens with zero attached hydrogens (tertiary/aromatic N) is 5. The van der Waals surface area contributed by atoms with Crippen LogP contribution in [0.5, 0.6) is 5.75 Å². The molecule has 286 valence electrons. The molecular weight excluding hydrogens is 705 g/mol. The molecule has 0 fully saturated rings. The molecule has 1 N–H and O–H groups in total. The molecule has 6 aromatic rings. The van der Waals surface area contributed by atoms with Crippen molar-refractivity contribution in [2.24, 2.45) is 0 Å². The lowest BCUT2D eigenvalue weighted by atomic mass is 9.77. The van der Waals surface area contributed by atoms with Crippen molar-refractivity contribution in [1.29, 1.82) is 0 Å². The Labute approximate surface area is 327 Å². The van der Waals surface area contributed by atoms with Crippen LogP contribution in [0.2, 0.25) is 0 Å². The van der Waals surface area contributed by atoms with Crippen LogP contribution >= 0.6 is 0 Å². The standard InChI is InChI=1S/C45H46N6O5/c1-5-51(43(53)55-31-33-23-24-46-41(27-33)48-42(52)56-44(2,3)4)38-21-22-40-39(28-38)49(25-26-54-40)29-37-30-50(32-47-37)45(34-15-9-6-10-16-34,35-17-11-7-12-18-35)36-19-13-8-14-20-36/h6-24,27-28,30,32H,5,25-26,29,31H2,1-4H3,(H,46,48,52). The summed E-state index contributed by atoms with van der Waals surface area (Å²) >= 11 is 0. The van der Waals surface area contributed by atoms with Crippen LogP contribution in [-0.2, 0) is 28.2 Å². The number of ether oxygens (including phenoxy) is 3. The van der Waals surface area contributed by atoms with Gasteiger partial charge in [-0.2, -0.15) is 0 Å². The van der Waals surface area contributed by atoms with E-state index in [1.54, 1.807) is 44.0 Å². The number of pyridine rings is 1. The van der Waals surface area contributed by atoms with E-state index in [4.69, 9.17) is 19.2 Å². The molecule has 0 bridgehead atoms. The van der Waals surface area contributed by atoms with Crippen LogP contribution in [0.4, 0.5) is 26.8 Å². The second-order valence-electron chi connectivity index (χ2n) is 14.5. The van der Waals surface area contributed by atoms with Gasteiger partial charge in [0.25, 0.3) is 0 Å². The Morgan fingerprint density at radius 2 is 1.48 bits per heavy atom. The normalized spacial score (nSPS) is 12.6. The van der Waals surface area contributed by atoms with Gasteiger partial charge in [0.2, 0.25) is 0 Å². The molecule has 11 nitrogen and oxygen atoms in total. The zero-order valence-corrected chi connectivity index (χ0v) is 32.1. The minimum Gasteiger partial charge on any atom is -0.490 e. The Balaban J connectivity index is 1.11. The van der Waals surface area contributed by atoms with E-state index in [1.807, 2.05) is 49.6 Å². The Hall–Kier alpha value is -6.62. The Bertz CT molecular complexity index is 2160. The monoisotopic (exact) mass is 750 g/mol. The van der Waals surface area contributed by atoms with Crippen molar-refractivity contribution in [3.63, 3.8) is 0 Å². The minimum atomic E-state index is -0.667. The van der Waals surface area contributed by atoms with Crippen molar-refractivity contribution in [1.82, 2.24) is 14.5 Å². The molecule has 11 heteroatoms. The summed E-state index contributed by atoms with van der Waals surface area (Å²) in [5, 5.41) is 2.62. The first-order valence-electron chi connectivity index (χ1n) is 18.7. The molecule has 1 aliphatic heterocycles. The van der Waals surface area contributed by atoms with E-state index in [-0.39, 0.29) is 6.61 Å². The number of anilines is 3. The van der Waals surface area contributed by atoms with Crippen molar-refractivity contribution < 1.29 is 23.8 Å². The Kier molecular flexibility index (Phi) is 11.0. The highest BCUT2D eigenvalue weighted by Gasteiger charge is 2.38.